The molecule has 3 rings (SSSR count). The minimum atomic E-state index is 0.0395. The lowest BCUT2D eigenvalue weighted by molar-refractivity contribution is 0.0970. The van der Waals surface area contributed by atoms with E-state index in [0.29, 0.717) is 10.6 Å². The highest BCUT2D eigenvalue weighted by atomic mass is 35.5. The van der Waals surface area contributed by atoms with Crippen LogP contribution in [0.5, 0.6) is 0 Å². The van der Waals surface area contributed by atoms with E-state index in [4.69, 9.17) is 11.6 Å². The van der Waals surface area contributed by atoms with Crippen LogP contribution in [0.15, 0.2) is 65.0 Å². The first kappa shape index (κ1) is 15.7. The van der Waals surface area contributed by atoms with Gasteiger partial charge in [-0.25, -0.2) is 4.99 Å². The number of rotatable bonds is 4. The number of benzene rings is 2. The topological polar surface area (TPSA) is 34.4 Å². The SMILES string of the molecule is Cc1csc(=Nc2ccccc2)n1CC(=O)c1ccc(Cl)cc1. The number of halogens is 1. The normalized spacial score (nSPS) is 11.7. The van der Waals surface area contributed by atoms with Crippen molar-refractivity contribution in [3.63, 3.8) is 0 Å². The first-order valence-electron chi connectivity index (χ1n) is 7.17. The quantitative estimate of drug-likeness (QED) is 0.637. The summed E-state index contributed by atoms with van der Waals surface area (Å²) >= 11 is 7.40. The molecule has 1 heterocycles. The van der Waals surface area contributed by atoms with Gasteiger partial charge in [0.2, 0.25) is 0 Å². The highest BCUT2D eigenvalue weighted by molar-refractivity contribution is 7.07. The van der Waals surface area contributed by atoms with Gasteiger partial charge in [-0.1, -0.05) is 29.8 Å². The Kier molecular flexibility index (Phi) is 4.74. The molecule has 23 heavy (non-hydrogen) atoms. The molecule has 0 fully saturated rings. The zero-order valence-electron chi connectivity index (χ0n) is 12.6. The van der Waals surface area contributed by atoms with Crippen molar-refractivity contribution in [2.24, 2.45) is 4.99 Å². The number of nitrogens with zero attached hydrogens (tertiary/aromatic N) is 2. The highest BCUT2D eigenvalue weighted by Crippen LogP contribution is 2.13. The largest absolute Gasteiger partial charge is 0.313 e. The molecule has 0 atom stereocenters. The maximum absolute atomic E-state index is 12.5. The van der Waals surface area contributed by atoms with E-state index in [2.05, 4.69) is 4.99 Å². The van der Waals surface area contributed by atoms with E-state index in [9.17, 15) is 4.79 Å². The summed E-state index contributed by atoms with van der Waals surface area (Å²) < 4.78 is 1.94. The number of aromatic nitrogens is 1. The van der Waals surface area contributed by atoms with E-state index < -0.39 is 0 Å². The first-order chi connectivity index (χ1) is 11.1. The molecular formula is C18H15ClN2OS. The smallest absolute Gasteiger partial charge is 0.190 e. The molecule has 0 aliphatic carbocycles. The Morgan fingerprint density at radius 2 is 1.83 bits per heavy atom. The predicted molar refractivity (Wildman–Crippen MR) is 94.5 cm³/mol. The molecule has 0 aliphatic heterocycles. The third kappa shape index (κ3) is 3.78. The number of Topliss-reactive ketones (excluding diaryl/α,β-unsaturated/α-hetero) is 1. The average Bonchev–Trinajstić information content (AvgIpc) is 2.89. The second kappa shape index (κ2) is 6.94. The Labute approximate surface area is 143 Å². The van der Waals surface area contributed by atoms with Crippen LogP contribution in [0.2, 0.25) is 5.02 Å². The Balaban J connectivity index is 1.92. The third-order valence-corrected chi connectivity index (χ3v) is 4.67. The van der Waals surface area contributed by atoms with Gasteiger partial charge in [-0.2, -0.15) is 0 Å². The Morgan fingerprint density at radius 3 is 2.52 bits per heavy atom. The molecular weight excluding hydrogens is 328 g/mol. The van der Waals surface area contributed by atoms with Gasteiger partial charge < -0.3 is 4.57 Å². The molecule has 3 nitrogen and oxygen atoms in total. The molecule has 116 valence electrons. The molecule has 0 N–H and O–H groups in total. The number of ketones is 1. The van der Waals surface area contributed by atoms with Crippen LogP contribution in [-0.4, -0.2) is 10.4 Å². The van der Waals surface area contributed by atoms with Crippen LogP contribution in [0.1, 0.15) is 16.1 Å². The van der Waals surface area contributed by atoms with Gasteiger partial charge >= 0.3 is 0 Å². The van der Waals surface area contributed by atoms with E-state index in [1.54, 1.807) is 24.3 Å². The maximum atomic E-state index is 12.5. The average molecular weight is 343 g/mol. The molecule has 3 aromatic rings. The molecule has 5 heteroatoms. The second-order valence-corrected chi connectivity index (χ2v) is 6.40. The van der Waals surface area contributed by atoms with E-state index in [1.807, 2.05) is 47.2 Å². The Morgan fingerprint density at radius 1 is 1.13 bits per heavy atom. The van der Waals surface area contributed by atoms with Gasteiger partial charge in [-0.15, -0.1) is 11.3 Å². The predicted octanol–water partition coefficient (Wildman–Crippen LogP) is 4.63. The molecule has 0 saturated heterocycles. The minimum absolute atomic E-state index is 0.0395. The summed E-state index contributed by atoms with van der Waals surface area (Å²) in [5, 5.41) is 2.64. The van der Waals surface area contributed by atoms with Crippen molar-refractivity contribution in [3.8, 4) is 0 Å². The number of carbonyl (C=O) groups is 1. The van der Waals surface area contributed by atoms with E-state index in [-0.39, 0.29) is 12.3 Å². The number of carbonyl (C=O) groups excluding carboxylic acids is 1. The molecule has 0 saturated carbocycles. The fourth-order valence-corrected chi connectivity index (χ4v) is 3.20. The van der Waals surface area contributed by atoms with Gasteiger partial charge in [-0.3, -0.25) is 4.79 Å². The highest BCUT2D eigenvalue weighted by Gasteiger charge is 2.10. The summed E-state index contributed by atoms with van der Waals surface area (Å²) in [4.78, 5) is 17.9. The van der Waals surface area contributed by atoms with Crippen LogP contribution in [0.3, 0.4) is 0 Å². The lowest BCUT2D eigenvalue weighted by Gasteiger charge is -2.06. The molecule has 1 aromatic heterocycles. The van der Waals surface area contributed by atoms with E-state index in [1.165, 1.54) is 11.3 Å². The van der Waals surface area contributed by atoms with Crippen molar-refractivity contribution < 1.29 is 4.79 Å². The molecule has 0 amide bonds. The molecule has 0 radical (unpaired) electrons. The Hall–Kier alpha value is -2.17. The molecule has 2 aromatic carbocycles. The molecule has 0 spiro atoms. The van der Waals surface area contributed by atoms with Gasteiger partial charge in [0.15, 0.2) is 10.6 Å². The van der Waals surface area contributed by atoms with Gasteiger partial charge in [-0.05, 0) is 43.3 Å². The molecule has 0 aliphatic rings. The molecule has 0 bridgehead atoms. The first-order valence-corrected chi connectivity index (χ1v) is 8.43. The lowest BCUT2D eigenvalue weighted by atomic mass is 10.1. The summed E-state index contributed by atoms with van der Waals surface area (Å²) in [6, 6.07) is 16.7. The maximum Gasteiger partial charge on any atom is 0.190 e. The zero-order chi connectivity index (χ0) is 16.2. The van der Waals surface area contributed by atoms with Crippen LogP contribution in [-0.2, 0) is 6.54 Å². The van der Waals surface area contributed by atoms with Crippen molar-refractivity contribution in [3.05, 3.63) is 81.1 Å². The Bertz CT molecular complexity index is 879. The summed E-state index contributed by atoms with van der Waals surface area (Å²) in [6.45, 7) is 2.25. The van der Waals surface area contributed by atoms with Crippen LogP contribution >= 0.6 is 22.9 Å². The summed E-state index contributed by atoms with van der Waals surface area (Å²) in [5.74, 6) is 0.0395. The van der Waals surface area contributed by atoms with Crippen LogP contribution in [0.4, 0.5) is 5.69 Å². The third-order valence-electron chi connectivity index (χ3n) is 3.44. The number of thiazole rings is 1. The van der Waals surface area contributed by atoms with Crippen molar-refractivity contribution >= 4 is 34.4 Å². The van der Waals surface area contributed by atoms with Crippen molar-refractivity contribution in [2.75, 3.05) is 0 Å². The van der Waals surface area contributed by atoms with Gasteiger partial charge in [0.05, 0.1) is 12.2 Å². The zero-order valence-corrected chi connectivity index (χ0v) is 14.1. The van der Waals surface area contributed by atoms with Gasteiger partial charge in [0.1, 0.15) is 0 Å². The van der Waals surface area contributed by atoms with Crippen LogP contribution < -0.4 is 4.80 Å². The van der Waals surface area contributed by atoms with Crippen molar-refractivity contribution in [2.45, 2.75) is 13.5 Å². The standard InChI is InChI=1S/C18H15ClN2OS/c1-13-12-23-18(20-16-5-3-2-4-6-16)21(13)11-17(22)14-7-9-15(19)10-8-14/h2-10,12H,11H2,1H3. The summed E-state index contributed by atoms with van der Waals surface area (Å²) in [7, 11) is 0. The number of hydrogen-bond donors (Lipinski definition) is 0. The van der Waals surface area contributed by atoms with Crippen molar-refractivity contribution in [1.29, 1.82) is 0 Å². The van der Waals surface area contributed by atoms with E-state index in [0.717, 1.165) is 16.2 Å². The lowest BCUT2D eigenvalue weighted by Crippen LogP contribution is -2.21. The van der Waals surface area contributed by atoms with Crippen LogP contribution in [0.25, 0.3) is 0 Å². The summed E-state index contributed by atoms with van der Waals surface area (Å²) in [5.41, 5.74) is 2.55. The number of hydrogen-bond acceptors (Lipinski definition) is 3. The molecule has 0 unspecified atom stereocenters. The monoisotopic (exact) mass is 342 g/mol. The number of para-hydroxylation sites is 1. The van der Waals surface area contributed by atoms with E-state index >= 15 is 0 Å². The summed E-state index contributed by atoms with van der Waals surface area (Å²) in [6.07, 6.45) is 0. The van der Waals surface area contributed by atoms with Crippen molar-refractivity contribution in [1.82, 2.24) is 4.57 Å². The second-order valence-electron chi connectivity index (χ2n) is 5.12. The van der Waals surface area contributed by atoms with Gasteiger partial charge in [0, 0.05) is 21.7 Å². The minimum Gasteiger partial charge on any atom is -0.313 e. The fraction of sp³-hybridized carbons (Fsp3) is 0.111. The number of aryl methyl sites for hydroxylation is 1. The van der Waals surface area contributed by atoms with Crippen LogP contribution in [0, 0.1) is 6.92 Å². The van der Waals surface area contributed by atoms with Gasteiger partial charge in [0.25, 0.3) is 0 Å². The fourth-order valence-electron chi connectivity index (χ4n) is 2.18.